The molecule has 0 saturated heterocycles. The highest BCUT2D eigenvalue weighted by atomic mass is 16.5. The normalized spacial score (nSPS) is 13.7. The van der Waals surface area contributed by atoms with Crippen molar-refractivity contribution in [2.75, 3.05) is 20.7 Å². The molecule has 3 rings (SSSR count). The molecule has 6 heteroatoms. The zero-order valence-corrected chi connectivity index (χ0v) is 16.5. The first-order chi connectivity index (χ1) is 13.7. The number of amides is 1. The number of nitrogens with zero attached hydrogens (tertiary/aromatic N) is 1. The van der Waals surface area contributed by atoms with E-state index >= 15 is 0 Å². The van der Waals surface area contributed by atoms with E-state index in [1.807, 2.05) is 36.4 Å². The first-order valence-electron chi connectivity index (χ1n) is 9.66. The van der Waals surface area contributed by atoms with E-state index in [1.165, 1.54) is 12.8 Å². The van der Waals surface area contributed by atoms with Crippen molar-refractivity contribution in [2.24, 2.45) is 10.9 Å². The van der Waals surface area contributed by atoms with Crippen molar-refractivity contribution in [3.8, 4) is 5.75 Å². The summed E-state index contributed by atoms with van der Waals surface area (Å²) in [4.78, 5) is 16.1. The quantitative estimate of drug-likeness (QED) is 0.486. The predicted octanol–water partition coefficient (Wildman–Crippen LogP) is 2.70. The number of hydrogen-bond acceptors (Lipinski definition) is 3. The molecule has 0 radical (unpaired) electrons. The van der Waals surface area contributed by atoms with E-state index in [2.05, 4.69) is 27.0 Å². The van der Waals surface area contributed by atoms with Crippen LogP contribution in [0.4, 0.5) is 0 Å². The van der Waals surface area contributed by atoms with Crippen molar-refractivity contribution in [1.29, 1.82) is 0 Å². The third-order valence-electron chi connectivity index (χ3n) is 4.69. The van der Waals surface area contributed by atoms with Crippen molar-refractivity contribution in [1.82, 2.24) is 16.0 Å². The number of aliphatic imine (C=N–C) groups is 1. The molecule has 0 heterocycles. The number of ether oxygens (including phenoxy) is 1. The van der Waals surface area contributed by atoms with Crippen molar-refractivity contribution in [2.45, 2.75) is 25.9 Å². The van der Waals surface area contributed by atoms with Gasteiger partial charge in [-0.25, -0.2) is 0 Å². The molecule has 1 fully saturated rings. The van der Waals surface area contributed by atoms with E-state index in [9.17, 15) is 4.79 Å². The van der Waals surface area contributed by atoms with Crippen molar-refractivity contribution in [3.05, 3.63) is 65.2 Å². The topological polar surface area (TPSA) is 74.8 Å². The summed E-state index contributed by atoms with van der Waals surface area (Å²) in [5.41, 5.74) is 2.76. The molecule has 1 aliphatic rings. The summed E-state index contributed by atoms with van der Waals surface area (Å²) in [6.45, 7) is 1.99. The first kappa shape index (κ1) is 19.7. The summed E-state index contributed by atoms with van der Waals surface area (Å²) in [5.74, 6) is 2.26. The second kappa shape index (κ2) is 9.78. The molecule has 0 aliphatic heterocycles. The number of rotatable bonds is 8. The Morgan fingerprint density at radius 3 is 2.64 bits per heavy atom. The van der Waals surface area contributed by atoms with E-state index in [0.717, 1.165) is 29.4 Å². The molecule has 2 aromatic rings. The molecule has 0 atom stereocenters. The first-order valence-corrected chi connectivity index (χ1v) is 9.66. The van der Waals surface area contributed by atoms with Crippen molar-refractivity contribution in [3.63, 3.8) is 0 Å². The second-order valence-electron chi connectivity index (χ2n) is 6.92. The lowest BCUT2D eigenvalue weighted by Gasteiger charge is -2.15. The molecule has 1 amide bonds. The van der Waals surface area contributed by atoms with Crippen molar-refractivity contribution < 1.29 is 9.53 Å². The van der Waals surface area contributed by atoms with Crippen LogP contribution in [0.15, 0.2) is 53.5 Å². The van der Waals surface area contributed by atoms with Gasteiger partial charge in [-0.3, -0.25) is 9.79 Å². The SMILES string of the molecule is CN=C(NCc1cccc(C(=O)NC)c1)NCc1ccccc1OCC1CC1. The van der Waals surface area contributed by atoms with Crippen LogP contribution in [0.25, 0.3) is 0 Å². The third kappa shape index (κ3) is 5.74. The Labute approximate surface area is 166 Å². The van der Waals surface area contributed by atoms with E-state index in [4.69, 9.17) is 4.74 Å². The van der Waals surface area contributed by atoms with Gasteiger partial charge in [0.25, 0.3) is 5.91 Å². The molecule has 0 unspecified atom stereocenters. The highest BCUT2D eigenvalue weighted by molar-refractivity contribution is 5.94. The Morgan fingerprint density at radius 1 is 1.11 bits per heavy atom. The third-order valence-corrected chi connectivity index (χ3v) is 4.69. The zero-order chi connectivity index (χ0) is 19.8. The fourth-order valence-electron chi connectivity index (χ4n) is 2.84. The van der Waals surface area contributed by atoms with Gasteiger partial charge in [0, 0.05) is 38.3 Å². The molecule has 0 spiro atoms. The van der Waals surface area contributed by atoms with Gasteiger partial charge in [0.05, 0.1) is 6.61 Å². The lowest BCUT2D eigenvalue weighted by Crippen LogP contribution is -2.36. The summed E-state index contributed by atoms with van der Waals surface area (Å²) in [6.07, 6.45) is 2.55. The average Bonchev–Trinajstić information content (AvgIpc) is 3.57. The van der Waals surface area contributed by atoms with E-state index in [1.54, 1.807) is 20.2 Å². The fourth-order valence-corrected chi connectivity index (χ4v) is 2.84. The van der Waals surface area contributed by atoms with Gasteiger partial charge in [-0.15, -0.1) is 0 Å². The average molecular weight is 380 g/mol. The van der Waals surface area contributed by atoms with Crippen LogP contribution < -0.4 is 20.7 Å². The van der Waals surface area contributed by atoms with Crippen LogP contribution in [0.3, 0.4) is 0 Å². The smallest absolute Gasteiger partial charge is 0.251 e. The van der Waals surface area contributed by atoms with E-state index < -0.39 is 0 Å². The van der Waals surface area contributed by atoms with Crippen molar-refractivity contribution >= 4 is 11.9 Å². The van der Waals surface area contributed by atoms with Gasteiger partial charge < -0.3 is 20.7 Å². The molecule has 148 valence electrons. The highest BCUT2D eigenvalue weighted by Crippen LogP contribution is 2.30. The summed E-state index contributed by atoms with van der Waals surface area (Å²) in [5, 5.41) is 9.26. The van der Waals surface area contributed by atoms with Gasteiger partial charge in [0.15, 0.2) is 5.96 Å². The number of para-hydroxylation sites is 1. The molecule has 28 heavy (non-hydrogen) atoms. The highest BCUT2D eigenvalue weighted by Gasteiger charge is 2.22. The molecule has 0 bridgehead atoms. The molecule has 1 saturated carbocycles. The van der Waals surface area contributed by atoms with Crippen LogP contribution in [0.1, 0.15) is 34.3 Å². The van der Waals surface area contributed by atoms with Gasteiger partial charge in [-0.2, -0.15) is 0 Å². The Balaban J connectivity index is 1.53. The lowest BCUT2D eigenvalue weighted by atomic mass is 10.1. The molecular weight excluding hydrogens is 352 g/mol. The fraction of sp³-hybridized carbons (Fsp3) is 0.364. The Kier molecular flexibility index (Phi) is 6.89. The number of carbonyl (C=O) groups excluding carboxylic acids is 1. The standard InChI is InChI=1S/C22H28N4O2/c1-23-21(27)18-8-5-6-17(12-18)13-25-22(24-2)26-14-19-7-3-4-9-20(19)28-15-16-10-11-16/h3-9,12,16H,10-11,13-15H2,1-2H3,(H,23,27)(H2,24,25,26). The van der Waals surface area contributed by atoms with Gasteiger partial charge in [-0.05, 0) is 42.5 Å². The molecule has 0 aromatic heterocycles. The Hall–Kier alpha value is -3.02. The monoisotopic (exact) mass is 380 g/mol. The minimum atomic E-state index is -0.0906. The maximum absolute atomic E-state index is 11.8. The minimum Gasteiger partial charge on any atom is -0.493 e. The lowest BCUT2D eigenvalue weighted by molar-refractivity contribution is 0.0963. The van der Waals surface area contributed by atoms with Crippen LogP contribution in [-0.2, 0) is 13.1 Å². The summed E-state index contributed by atoms with van der Waals surface area (Å²) in [7, 11) is 3.37. The predicted molar refractivity (Wildman–Crippen MR) is 112 cm³/mol. The summed E-state index contributed by atoms with van der Waals surface area (Å²) in [6, 6.07) is 15.6. The Morgan fingerprint density at radius 2 is 1.89 bits per heavy atom. The molecule has 3 N–H and O–H groups in total. The van der Waals surface area contributed by atoms with Crippen LogP contribution >= 0.6 is 0 Å². The molecule has 1 aliphatic carbocycles. The Bertz CT molecular complexity index is 831. The van der Waals surface area contributed by atoms with Gasteiger partial charge in [0.1, 0.15) is 5.75 Å². The molecule has 6 nitrogen and oxygen atoms in total. The summed E-state index contributed by atoms with van der Waals surface area (Å²) >= 11 is 0. The number of carbonyl (C=O) groups is 1. The minimum absolute atomic E-state index is 0.0906. The largest absolute Gasteiger partial charge is 0.493 e. The van der Waals surface area contributed by atoms with Crippen LogP contribution in [0, 0.1) is 5.92 Å². The summed E-state index contributed by atoms with van der Waals surface area (Å²) < 4.78 is 5.96. The second-order valence-corrected chi connectivity index (χ2v) is 6.92. The van der Waals surface area contributed by atoms with Gasteiger partial charge in [0.2, 0.25) is 0 Å². The van der Waals surface area contributed by atoms with Gasteiger partial charge in [-0.1, -0.05) is 30.3 Å². The maximum Gasteiger partial charge on any atom is 0.251 e. The number of benzene rings is 2. The maximum atomic E-state index is 11.8. The number of hydrogen-bond donors (Lipinski definition) is 3. The van der Waals surface area contributed by atoms with Crippen LogP contribution in [0.5, 0.6) is 5.75 Å². The van der Waals surface area contributed by atoms with Crippen LogP contribution in [0.2, 0.25) is 0 Å². The van der Waals surface area contributed by atoms with Crippen LogP contribution in [-0.4, -0.2) is 32.6 Å². The zero-order valence-electron chi connectivity index (χ0n) is 16.5. The number of guanidine groups is 1. The number of nitrogens with one attached hydrogen (secondary N) is 3. The van der Waals surface area contributed by atoms with E-state index in [-0.39, 0.29) is 5.91 Å². The molecular formula is C22H28N4O2. The molecule has 2 aromatic carbocycles. The van der Waals surface area contributed by atoms with E-state index in [0.29, 0.717) is 24.6 Å². The van der Waals surface area contributed by atoms with Gasteiger partial charge >= 0.3 is 0 Å².